The highest BCUT2D eigenvalue weighted by Crippen LogP contribution is 2.39. The molecular formula is C16H25N3. The summed E-state index contributed by atoms with van der Waals surface area (Å²) in [5, 5.41) is 0. The zero-order valence-corrected chi connectivity index (χ0v) is 12.2. The van der Waals surface area contributed by atoms with E-state index in [1.165, 1.54) is 49.0 Å². The Balaban J connectivity index is 2.00. The summed E-state index contributed by atoms with van der Waals surface area (Å²) < 4.78 is 0. The molecule has 2 aliphatic rings. The van der Waals surface area contributed by atoms with E-state index in [1.807, 2.05) is 0 Å². The molecule has 3 rings (SSSR count). The topological polar surface area (TPSA) is 42.1 Å². The molecular weight excluding hydrogens is 234 g/mol. The molecule has 0 spiro atoms. The Kier molecular flexibility index (Phi) is 3.48. The van der Waals surface area contributed by atoms with Gasteiger partial charge in [0.2, 0.25) is 0 Å². The SMILES string of the molecule is Cc1cc(C)c(CN)c(N2CCCC3CCCC32)n1. The Morgan fingerprint density at radius 2 is 2.05 bits per heavy atom. The molecule has 1 saturated heterocycles. The van der Waals surface area contributed by atoms with Crippen molar-refractivity contribution in [2.24, 2.45) is 11.7 Å². The summed E-state index contributed by atoms with van der Waals surface area (Å²) in [5.41, 5.74) is 9.64. The van der Waals surface area contributed by atoms with Crippen LogP contribution in [0.4, 0.5) is 5.82 Å². The Hall–Kier alpha value is -1.09. The van der Waals surface area contributed by atoms with E-state index in [2.05, 4.69) is 24.8 Å². The summed E-state index contributed by atoms with van der Waals surface area (Å²) in [4.78, 5) is 7.41. The van der Waals surface area contributed by atoms with Crippen LogP contribution in [0.3, 0.4) is 0 Å². The average Bonchev–Trinajstić information content (AvgIpc) is 2.85. The molecule has 2 fully saturated rings. The molecule has 1 aromatic rings. The normalized spacial score (nSPS) is 26.6. The smallest absolute Gasteiger partial charge is 0.133 e. The van der Waals surface area contributed by atoms with E-state index in [9.17, 15) is 0 Å². The van der Waals surface area contributed by atoms with Crippen LogP contribution in [-0.4, -0.2) is 17.6 Å². The van der Waals surface area contributed by atoms with Gasteiger partial charge in [-0.1, -0.05) is 6.42 Å². The van der Waals surface area contributed by atoms with E-state index < -0.39 is 0 Å². The van der Waals surface area contributed by atoms with E-state index in [0.29, 0.717) is 12.6 Å². The third kappa shape index (κ3) is 2.25. The van der Waals surface area contributed by atoms with Crippen molar-refractivity contribution in [3.8, 4) is 0 Å². The molecule has 0 aromatic carbocycles. The van der Waals surface area contributed by atoms with Gasteiger partial charge in [-0.3, -0.25) is 0 Å². The molecule has 3 heteroatoms. The number of hydrogen-bond donors (Lipinski definition) is 1. The van der Waals surface area contributed by atoms with E-state index in [1.54, 1.807) is 0 Å². The second-order valence-electron chi connectivity index (χ2n) is 6.18. The number of aryl methyl sites for hydroxylation is 2. The first kappa shape index (κ1) is 12.9. The van der Waals surface area contributed by atoms with Crippen LogP contribution in [0.2, 0.25) is 0 Å². The summed E-state index contributed by atoms with van der Waals surface area (Å²) in [7, 11) is 0. The lowest BCUT2D eigenvalue weighted by molar-refractivity contribution is 0.360. The summed E-state index contributed by atoms with van der Waals surface area (Å²) in [6.45, 7) is 6.01. The molecule has 0 amide bonds. The van der Waals surface area contributed by atoms with Gasteiger partial charge < -0.3 is 10.6 Å². The largest absolute Gasteiger partial charge is 0.353 e. The minimum atomic E-state index is 0.600. The van der Waals surface area contributed by atoms with Gasteiger partial charge in [0.25, 0.3) is 0 Å². The Bertz CT molecular complexity index is 469. The minimum absolute atomic E-state index is 0.600. The number of nitrogens with two attached hydrogens (primary N) is 1. The molecule has 1 aliphatic carbocycles. The van der Waals surface area contributed by atoms with E-state index in [4.69, 9.17) is 10.7 Å². The number of fused-ring (bicyclic) bond motifs is 1. The van der Waals surface area contributed by atoms with Gasteiger partial charge in [0.15, 0.2) is 0 Å². The maximum atomic E-state index is 5.98. The number of aromatic nitrogens is 1. The highest BCUT2D eigenvalue weighted by molar-refractivity contribution is 5.53. The summed E-state index contributed by atoms with van der Waals surface area (Å²) in [6, 6.07) is 2.87. The van der Waals surface area contributed by atoms with Crippen LogP contribution in [0.15, 0.2) is 6.07 Å². The summed E-state index contributed by atoms with van der Waals surface area (Å²) >= 11 is 0. The molecule has 3 nitrogen and oxygen atoms in total. The number of anilines is 1. The number of hydrogen-bond acceptors (Lipinski definition) is 3. The maximum Gasteiger partial charge on any atom is 0.133 e. The van der Waals surface area contributed by atoms with Gasteiger partial charge in [0.1, 0.15) is 5.82 Å². The summed E-state index contributed by atoms with van der Waals surface area (Å²) in [6.07, 6.45) is 6.84. The van der Waals surface area contributed by atoms with Crippen molar-refractivity contribution >= 4 is 5.82 Å². The molecule has 0 radical (unpaired) electrons. The van der Waals surface area contributed by atoms with Crippen molar-refractivity contribution in [3.05, 3.63) is 22.9 Å². The average molecular weight is 259 g/mol. The predicted molar refractivity (Wildman–Crippen MR) is 79.3 cm³/mol. The zero-order chi connectivity index (χ0) is 13.4. The van der Waals surface area contributed by atoms with Crippen molar-refractivity contribution in [2.75, 3.05) is 11.4 Å². The van der Waals surface area contributed by atoms with Crippen molar-refractivity contribution < 1.29 is 0 Å². The van der Waals surface area contributed by atoms with E-state index in [-0.39, 0.29) is 0 Å². The minimum Gasteiger partial charge on any atom is -0.353 e. The lowest BCUT2D eigenvalue weighted by Crippen LogP contribution is -2.43. The Morgan fingerprint density at radius 1 is 1.26 bits per heavy atom. The number of piperidine rings is 1. The van der Waals surface area contributed by atoms with Gasteiger partial charge in [0, 0.05) is 30.4 Å². The molecule has 2 heterocycles. The Labute approximate surface area is 116 Å². The maximum absolute atomic E-state index is 5.98. The van der Waals surface area contributed by atoms with E-state index >= 15 is 0 Å². The van der Waals surface area contributed by atoms with Crippen LogP contribution in [-0.2, 0) is 6.54 Å². The lowest BCUT2D eigenvalue weighted by Gasteiger charge is -2.40. The molecule has 1 aromatic heterocycles. The summed E-state index contributed by atoms with van der Waals surface area (Å²) in [5.74, 6) is 2.07. The third-order valence-electron chi connectivity index (χ3n) is 4.92. The lowest BCUT2D eigenvalue weighted by atomic mass is 9.91. The standard InChI is InChI=1S/C16H25N3/c1-11-9-12(2)18-16(14(11)10-17)19-8-4-6-13-5-3-7-15(13)19/h9,13,15H,3-8,10,17H2,1-2H3. The van der Waals surface area contributed by atoms with Crippen LogP contribution in [0, 0.1) is 19.8 Å². The molecule has 19 heavy (non-hydrogen) atoms. The zero-order valence-electron chi connectivity index (χ0n) is 12.2. The highest BCUT2D eigenvalue weighted by Gasteiger charge is 2.36. The molecule has 1 saturated carbocycles. The van der Waals surface area contributed by atoms with Gasteiger partial charge in [-0.25, -0.2) is 4.98 Å². The van der Waals surface area contributed by atoms with Crippen LogP contribution >= 0.6 is 0 Å². The molecule has 2 atom stereocenters. The Morgan fingerprint density at radius 3 is 2.84 bits per heavy atom. The van der Waals surface area contributed by atoms with Crippen molar-refractivity contribution in [1.29, 1.82) is 0 Å². The van der Waals surface area contributed by atoms with Gasteiger partial charge in [0.05, 0.1) is 0 Å². The first-order valence-electron chi connectivity index (χ1n) is 7.64. The fourth-order valence-corrected chi connectivity index (χ4v) is 4.05. The van der Waals surface area contributed by atoms with Crippen LogP contribution in [0.5, 0.6) is 0 Å². The predicted octanol–water partition coefficient (Wildman–Crippen LogP) is 2.93. The van der Waals surface area contributed by atoms with Gasteiger partial charge in [-0.2, -0.15) is 0 Å². The van der Waals surface area contributed by atoms with E-state index in [0.717, 1.165) is 18.2 Å². The van der Waals surface area contributed by atoms with Crippen LogP contribution in [0.1, 0.15) is 48.9 Å². The molecule has 104 valence electrons. The second-order valence-corrected chi connectivity index (χ2v) is 6.18. The van der Waals surface area contributed by atoms with Gasteiger partial charge in [-0.05, 0) is 57.1 Å². The molecule has 1 aliphatic heterocycles. The quantitative estimate of drug-likeness (QED) is 0.888. The van der Waals surface area contributed by atoms with Crippen molar-refractivity contribution in [3.63, 3.8) is 0 Å². The first-order valence-corrected chi connectivity index (χ1v) is 7.64. The molecule has 0 bridgehead atoms. The second kappa shape index (κ2) is 5.12. The number of pyridine rings is 1. The van der Waals surface area contributed by atoms with Crippen LogP contribution < -0.4 is 10.6 Å². The number of rotatable bonds is 2. The van der Waals surface area contributed by atoms with Crippen LogP contribution in [0.25, 0.3) is 0 Å². The van der Waals surface area contributed by atoms with Gasteiger partial charge >= 0.3 is 0 Å². The first-order chi connectivity index (χ1) is 9.20. The fraction of sp³-hybridized carbons (Fsp3) is 0.688. The van der Waals surface area contributed by atoms with Crippen molar-refractivity contribution in [1.82, 2.24) is 4.98 Å². The molecule has 2 N–H and O–H groups in total. The monoisotopic (exact) mass is 259 g/mol. The third-order valence-corrected chi connectivity index (χ3v) is 4.92. The molecule has 2 unspecified atom stereocenters. The number of nitrogens with zero attached hydrogens (tertiary/aromatic N) is 2. The fourth-order valence-electron chi connectivity index (χ4n) is 4.05. The highest BCUT2D eigenvalue weighted by atomic mass is 15.2. The van der Waals surface area contributed by atoms with Crippen molar-refractivity contribution in [2.45, 2.75) is 58.5 Å². The van der Waals surface area contributed by atoms with Gasteiger partial charge in [-0.15, -0.1) is 0 Å².